The highest BCUT2D eigenvalue weighted by Gasteiger charge is 2.37. The number of anilines is 2. The van der Waals surface area contributed by atoms with Gasteiger partial charge in [-0.3, -0.25) is 14.4 Å². The molecule has 1 aliphatic heterocycles. The number of nitrogens with one attached hydrogen (secondary N) is 1. The number of amides is 3. The average molecular weight is 322 g/mol. The zero-order chi connectivity index (χ0) is 17.3. The smallest absolute Gasteiger partial charge is 0.266 e. The van der Waals surface area contributed by atoms with Gasteiger partial charge in [0.25, 0.3) is 11.8 Å². The van der Waals surface area contributed by atoms with Crippen molar-refractivity contribution in [3.63, 3.8) is 0 Å². The Bertz CT molecular complexity index is 792. The second-order valence-electron chi connectivity index (χ2n) is 6.15. The summed E-state index contributed by atoms with van der Waals surface area (Å²) in [6.07, 6.45) is 0.371. The van der Waals surface area contributed by atoms with Gasteiger partial charge in [-0.15, -0.1) is 0 Å². The first-order valence-corrected chi connectivity index (χ1v) is 7.85. The van der Waals surface area contributed by atoms with Crippen molar-refractivity contribution < 1.29 is 14.4 Å². The molecular weight excluding hydrogens is 304 g/mol. The molecule has 0 bridgehead atoms. The van der Waals surface area contributed by atoms with E-state index in [1.54, 1.807) is 48.5 Å². The second kappa shape index (κ2) is 6.28. The molecule has 0 aliphatic carbocycles. The van der Waals surface area contributed by atoms with Crippen molar-refractivity contribution in [3.05, 3.63) is 59.7 Å². The minimum absolute atomic E-state index is 0.144. The first-order valence-electron chi connectivity index (χ1n) is 7.85. The van der Waals surface area contributed by atoms with Gasteiger partial charge in [-0.25, -0.2) is 4.90 Å². The molecule has 122 valence electrons. The van der Waals surface area contributed by atoms with E-state index >= 15 is 0 Å². The SMILES string of the molecule is CC(C)CC(=O)Nc1ccccc1N1C(=O)c2ccccc2C1=O. The fourth-order valence-corrected chi connectivity index (χ4v) is 2.75. The summed E-state index contributed by atoms with van der Waals surface area (Å²) in [6.45, 7) is 3.91. The lowest BCUT2D eigenvalue weighted by Gasteiger charge is -2.18. The van der Waals surface area contributed by atoms with Crippen molar-refractivity contribution in [1.29, 1.82) is 0 Å². The van der Waals surface area contributed by atoms with Gasteiger partial charge in [0.1, 0.15) is 0 Å². The van der Waals surface area contributed by atoms with Gasteiger partial charge in [0.05, 0.1) is 22.5 Å². The highest BCUT2D eigenvalue weighted by Crippen LogP contribution is 2.33. The van der Waals surface area contributed by atoms with E-state index in [2.05, 4.69) is 5.32 Å². The zero-order valence-corrected chi connectivity index (χ0v) is 13.6. The maximum atomic E-state index is 12.6. The summed E-state index contributed by atoms with van der Waals surface area (Å²) in [5.74, 6) is -0.673. The first kappa shape index (κ1) is 15.9. The first-order chi connectivity index (χ1) is 11.5. The molecule has 24 heavy (non-hydrogen) atoms. The number of benzene rings is 2. The van der Waals surface area contributed by atoms with Gasteiger partial charge in [0.2, 0.25) is 5.91 Å². The molecule has 5 nitrogen and oxygen atoms in total. The molecule has 0 fully saturated rings. The Balaban J connectivity index is 1.95. The Kier molecular flexibility index (Phi) is 4.16. The van der Waals surface area contributed by atoms with Gasteiger partial charge >= 0.3 is 0 Å². The summed E-state index contributed by atoms with van der Waals surface area (Å²) in [6, 6.07) is 13.6. The highest BCUT2D eigenvalue weighted by molar-refractivity contribution is 6.35. The van der Waals surface area contributed by atoms with E-state index in [9.17, 15) is 14.4 Å². The fraction of sp³-hybridized carbons (Fsp3) is 0.211. The third kappa shape index (κ3) is 2.80. The molecule has 5 heteroatoms. The van der Waals surface area contributed by atoms with Gasteiger partial charge in [-0.05, 0) is 30.2 Å². The number of imide groups is 1. The van der Waals surface area contributed by atoms with Gasteiger partial charge in [0, 0.05) is 6.42 Å². The number of rotatable bonds is 4. The van der Waals surface area contributed by atoms with Crippen molar-refractivity contribution in [2.24, 2.45) is 5.92 Å². The number of hydrogen-bond donors (Lipinski definition) is 1. The van der Waals surface area contributed by atoms with Crippen LogP contribution in [0.1, 0.15) is 41.0 Å². The molecular formula is C19H18N2O3. The van der Waals surface area contributed by atoms with Crippen LogP contribution in [0.5, 0.6) is 0 Å². The molecule has 0 unspecified atom stereocenters. The van der Waals surface area contributed by atoms with Crippen LogP contribution in [-0.2, 0) is 4.79 Å². The molecule has 0 saturated heterocycles. The van der Waals surface area contributed by atoms with E-state index in [4.69, 9.17) is 0 Å². The Morgan fingerprint density at radius 2 is 1.50 bits per heavy atom. The van der Waals surface area contributed by atoms with Crippen molar-refractivity contribution >= 4 is 29.1 Å². The number of para-hydroxylation sites is 2. The van der Waals surface area contributed by atoms with Crippen molar-refractivity contribution in [3.8, 4) is 0 Å². The van der Waals surface area contributed by atoms with Crippen LogP contribution in [0.25, 0.3) is 0 Å². The predicted molar refractivity (Wildman–Crippen MR) is 92.1 cm³/mol. The Morgan fingerprint density at radius 3 is 2.08 bits per heavy atom. The number of nitrogens with zero attached hydrogens (tertiary/aromatic N) is 1. The summed E-state index contributed by atoms with van der Waals surface area (Å²) < 4.78 is 0. The predicted octanol–water partition coefficient (Wildman–Crippen LogP) is 3.47. The van der Waals surface area contributed by atoms with Crippen molar-refractivity contribution in [1.82, 2.24) is 0 Å². The third-order valence-corrected chi connectivity index (χ3v) is 3.81. The maximum Gasteiger partial charge on any atom is 0.266 e. The Morgan fingerprint density at radius 1 is 0.958 bits per heavy atom. The zero-order valence-electron chi connectivity index (χ0n) is 13.6. The van der Waals surface area contributed by atoms with E-state index in [0.717, 1.165) is 4.90 Å². The molecule has 1 heterocycles. The third-order valence-electron chi connectivity index (χ3n) is 3.81. The summed E-state index contributed by atoms with van der Waals surface area (Å²) in [5, 5.41) is 2.80. The van der Waals surface area contributed by atoms with Crippen molar-refractivity contribution in [2.75, 3.05) is 10.2 Å². The quantitative estimate of drug-likeness (QED) is 0.877. The summed E-state index contributed by atoms with van der Waals surface area (Å²) in [5.41, 5.74) is 1.61. The molecule has 0 saturated carbocycles. The molecule has 3 rings (SSSR count). The van der Waals surface area contributed by atoms with Gasteiger partial charge in [0.15, 0.2) is 0 Å². The molecule has 2 aromatic rings. The lowest BCUT2D eigenvalue weighted by atomic mass is 10.1. The summed E-state index contributed by atoms with van der Waals surface area (Å²) in [4.78, 5) is 38.4. The van der Waals surface area contributed by atoms with E-state index in [0.29, 0.717) is 28.9 Å². The molecule has 1 N–H and O–H groups in total. The molecule has 0 atom stereocenters. The lowest BCUT2D eigenvalue weighted by Crippen LogP contribution is -2.30. The van der Waals surface area contributed by atoms with Crippen LogP contribution in [0.15, 0.2) is 48.5 Å². The van der Waals surface area contributed by atoms with Gasteiger partial charge < -0.3 is 5.32 Å². The van der Waals surface area contributed by atoms with Crippen molar-refractivity contribution in [2.45, 2.75) is 20.3 Å². The van der Waals surface area contributed by atoms with E-state index in [1.165, 1.54) is 0 Å². The van der Waals surface area contributed by atoms with Crippen LogP contribution in [0.3, 0.4) is 0 Å². The van der Waals surface area contributed by atoms with E-state index < -0.39 is 0 Å². The van der Waals surface area contributed by atoms with E-state index in [1.807, 2.05) is 13.8 Å². The molecule has 1 aliphatic rings. The van der Waals surface area contributed by atoms with E-state index in [-0.39, 0.29) is 23.6 Å². The Labute approximate surface area is 140 Å². The number of carbonyl (C=O) groups excluding carboxylic acids is 3. The summed E-state index contributed by atoms with van der Waals surface area (Å²) in [7, 11) is 0. The minimum atomic E-state index is -0.374. The van der Waals surface area contributed by atoms with Crippen LogP contribution >= 0.6 is 0 Å². The molecule has 2 aromatic carbocycles. The molecule has 0 aromatic heterocycles. The standard InChI is InChI=1S/C19H18N2O3/c1-12(2)11-17(22)20-15-9-5-6-10-16(15)21-18(23)13-7-3-4-8-14(13)19(21)24/h3-10,12H,11H2,1-2H3,(H,20,22). The number of fused-ring (bicyclic) bond motifs is 1. The Hall–Kier alpha value is -2.95. The molecule has 0 spiro atoms. The number of carbonyl (C=O) groups is 3. The second-order valence-corrected chi connectivity index (χ2v) is 6.15. The fourth-order valence-electron chi connectivity index (χ4n) is 2.75. The number of hydrogen-bond acceptors (Lipinski definition) is 3. The highest BCUT2D eigenvalue weighted by atomic mass is 16.2. The van der Waals surface area contributed by atoms with Crippen LogP contribution in [0.2, 0.25) is 0 Å². The lowest BCUT2D eigenvalue weighted by molar-refractivity contribution is -0.116. The largest absolute Gasteiger partial charge is 0.324 e. The minimum Gasteiger partial charge on any atom is -0.324 e. The topological polar surface area (TPSA) is 66.5 Å². The monoisotopic (exact) mass is 322 g/mol. The molecule has 0 radical (unpaired) electrons. The van der Waals surface area contributed by atoms with Gasteiger partial charge in [-0.1, -0.05) is 38.1 Å². The average Bonchev–Trinajstić information content (AvgIpc) is 2.79. The summed E-state index contributed by atoms with van der Waals surface area (Å²) >= 11 is 0. The van der Waals surface area contributed by atoms with Crippen LogP contribution < -0.4 is 10.2 Å². The maximum absolute atomic E-state index is 12.6. The molecule has 3 amide bonds. The van der Waals surface area contributed by atoms with Gasteiger partial charge in [-0.2, -0.15) is 0 Å². The van der Waals surface area contributed by atoms with Crippen LogP contribution in [-0.4, -0.2) is 17.7 Å². The van der Waals surface area contributed by atoms with Crippen LogP contribution in [0.4, 0.5) is 11.4 Å². The normalized spacial score (nSPS) is 13.4. The van der Waals surface area contributed by atoms with Crippen LogP contribution in [0, 0.1) is 5.92 Å².